The van der Waals surface area contributed by atoms with Gasteiger partial charge in [-0.1, -0.05) is 13.8 Å². The molecule has 19 heavy (non-hydrogen) atoms. The Hall–Kier alpha value is -2.05. The minimum absolute atomic E-state index is 0.195. The first-order chi connectivity index (χ1) is 8.90. The van der Waals surface area contributed by atoms with Crippen molar-refractivity contribution in [1.29, 1.82) is 0 Å². The Morgan fingerprint density at radius 1 is 1.53 bits per heavy atom. The summed E-state index contributed by atoms with van der Waals surface area (Å²) in [5.74, 6) is -0.820. The molecule has 1 heterocycles. The molecule has 0 saturated heterocycles. The molecule has 1 rings (SSSR count). The number of aromatic nitrogens is 2. The fourth-order valence-corrected chi connectivity index (χ4v) is 1.66. The average Bonchev–Trinajstić information content (AvgIpc) is 2.79. The van der Waals surface area contributed by atoms with Crippen molar-refractivity contribution < 1.29 is 14.7 Å². The summed E-state index contributed by atoms with van der Waals surface area (Å²) < 4.78 is 0. The Morgan fingerprint density at radius 3 is 2.68 bits per heavy atom. The molecule has 0 radical (unpaired) electrons. The summed E-state index contributed by atoms with van der Waals surface area (Å²) in [7, 11) is 1.61. The maximum absolute atomic E-state index is 11.9. The van der Waals surface area contributed by atoms with Gasteiger partial charge in [0.05, 0.1) is 12.7 Å². The van der Waals surface area contributed by atoms with Gasteiger partial charge in [0, 0.05) is 18.8 Å². The van der Waals surface area contributed by atoms with Gasteiger partial charge in [0.2, 0.25) is 0 Å². The summed E-state index contributed by atoms with van der Waals surface area (Å²) in [4.78, 5) is 24.4. The van der Waals surface area contributed by atoms with Gasteiger partial charge < -0.3 is 15.3 Å². The first-order valence-corrected chi connectivity index (χ1v) is 6.12. The third-order valence-electron chi connectivity index (χ3n) is 2.62. The summed E-state index contributed by atoms with van der Waals surface area (Å²) in [5, 5.41) is 18.0. The number of carbonyl (C=O) groups excluding carboxylic acids is 1. The molecule has 2 amide bonds. The summed E-state index contributed by atoms with van der Waals surface area (Å²) >= 11 is 0. The summed E-state index contributed by atoms with van der Waals surface area (Å²) in [6.45, 7) is 4.20. The molecule has 106 valence electrons. The Balaban J connectivity index is 2.53. The Labute approximate surface area is 112 Å². The molecule has 0 aromatic carbocycles. The molecule has 3 N–H and O–H groups in total. The summed E-state index contributed by atoms with van der Waals surface area (Å²) in [6.07, 6.45) is 3.71. The number of aromatic amines is 1. The molecule has 0 aliphatic heterocycles. The van der Waals surface area contributed by atoms with Crippen LogP contribution in [0.3, 0.4) is 0 Å². The maximum Gasteiger partial charge on any atom is 0.326 e. The number of rotatable bonds is 6. The van der Waals surface area contributed by atoms with Gasteiger partial charge in [-0.05, 0) is 12.3 Å². The van der Waals surface area contributed by atoms with Gasteiger partial charge in [0.15, 0.2) is 0 Å². The van der Waals surface area contributed by atoms with Crippen molar-refractivity contribution >= 4 is 12.0 Å². The van der Waals surface area contributed by atoms with Gasteiger partial charge in [-0.2, -0.15) is 5.10 Å². The quantitative estimate of drug-likeness (QED) is 0.718. The fraction of sp³-hybridized carbons (Fsp3) is 0.583. The zero-order valence-electron chi connectivity index (χ0n) is 11.4. The van der Waals surface area contributed by atoms with Crippen LogP contribution in [0.4, 0.5) is 4.79 Å². The predicted molar refractivity (Wildman–Crippen MR) is 69.5 cm³/mol. The maximum atomic E-state index is 11.9. The first kappa shape index (κ1) is 15.0. The van der Waals surface area contributed by atoms with Gasteiger partial charge >= 0.3 is 12.0 Å². The Kier molecular flexibility index (Phi) is 5.35. The van der Waals surface area contributed by atoms with E-state index in [0.29, 0.717) is 13.0 Å². The molecular formula is C12H20N4O3. The van der Waals surface area contributed by atoms with Crippen molar-refractivity contribution in [3.05, 3.63) is 18.0 Å². The largest absolute Gasteiger partial charge is 0.480 e. The van der Waals surface area contributed by atoms with Crippen molar-refractivity contribution in [3.8, 4) is 0 Å². The highest BCUT2D eigenvalue weighted by molar-refractivity contribution is 5.82. The minimum atomic E-state index is -1.02. The van der Waals surface area contributed by atoms with E-state index >= 15 is 0 Å². The van der Waals surface area contributed by atoms with Gasteiger partial charge in [-0.25, -0.2) is 9.59 Å². The van der Waals surface area contributed by atoms with Crippen molar-refractivity contribution in [2.75, 3.05) is 7.05 Å². The fourth-order valence-electron chi connectivity index (χ4n) is 1.66. The molecule has 1 aromatic heterocycles. The lowest BCUT2D eigenvalue weighted by molar-refractivity contribution is -0.139. The minimum Gasteiger partial charge on any atom is -0.480 e. The zero-order valence-corrected chi connectivity index (χ0v) is 11.4. The predicted octanol–water partition coefficient (Wildman–Crippen LogP) is 1.05. The van der Waals surface area contributed by atoms with Crippen LogP contribution in [0.2, 0.25) is 0 Å². The molecule has 0 aliphatic carbocycles. The second-order valence-corrected chi connectivity index (χ2v) is 4.93. The molecule has 7 nitrogen and oxygen atoms in total. The lowest BCUT2D eigenvalue weighted by Crippen LogP contribution is -2.46. The lowest BCUT2D eigenvalue weighted by atomic mass is 10.0. The molecule has 1 aromatic rings. The smallest absolute Gasteiger partial charge is 0.326 e. The van der Waals surface area contributed by atoms with Crippen LogP contribution in [-0.4, -0.2) is 45.3 Å². The standard InChI is InChI=1S/C12H20N4O3/c1-8(2)4-10(11(17)18)15-12(19)16(3)7-9-5-13-14-6-9/h5-6,8,10H,4,7H2,1-3H3,(H,13,14)(H,15,19)(H,17,18)/t10-/m0/s1. The highest BCUT2D eigenvalue weighted by atomic mass is 16.4. The van der Waals surface area contributed by atoms with Crippen molar-refractivity contribution in [2.45, 2.75) is 32.9 Å². The molecule has 0 spiro atoms. The SMILES string of the molecule is CC(C)C[C@H](NC(=O)N(C)Cc1cn[nH]c1)C(=O)O. The topological polar surface area (TPSA) is 98.3 Å². The number of carboxylic acid groups (broad SMARTS) is 1. The normalized spacial score (nSPS) is 12.2. The van der Waals surface area contributed by atoms with E-state index in [9.17, 15) is 9.59 Å². The highest BCUT2D eigenvalue weighted by Crippen LogP contribution is 2.06. The van der Waals surface area contributed by atoms with Crippen LogP contribution >= 0.6 is 0 Å². The number of hydrogen-bond acceptors (Lipinski definition) is 3. The van der Waals surface area contributed by atoms with Crippen LogP contribution in [0.5, 0.6) is 0 Å². The van der Waals surface area contributed by atoms with Crippen LogP contribution in [0.15, 0.2) is 12.4 Å². The molecule has 1 atom stereocenters. The third kappa shape index (κ3) is 4.99. The third-order valence-corrected chi connectivity index (χ3v) is 2.62. The molecule has 7 heteroatoms. The van der Waals surface area contributed by atoms with Crippen LogP contribution in [0.1, 0.15) is 25.8 Å². The second kappa shape index (κ2) is 6.77. The molecule has 0 fully saturated rings. The van der Waals surface area contributed by atoms with E-state index in [1.807, 2.05) is 13.8 Å². The van der Waals surface area contributed by atoms with E-state index in [-0.39, 0.29) is 5.92 Å². The van der Waals surface area contributed by atoms with Crippen LogP contribution in [0, 0.1) is 5.92 Å². The number of carbonyl (C=O) groups is 2. The van der Waals surface area contributed by atoms with Gasteiger partial charge in [-0.3, -0.25) is 5.10 Å². The van der Waals surface area contributed by atoms with Crippen LogP contribution in [-0.2, 0) is 11.3 Å². The average molecular weight is 268 g/mol. The monoisotopic (exact) mass is 268 g/mol. The van der Waals surface area contributed by atoms with E-state index in [4.69, 9.17) is 5.11 Å². The lowest BCUT2D eigenvalue weighted by Gasteiger charge is -2.21. The number of aliphatic carboxylic acids is 1. The van der Waals surface area contributed by atoms with E-state index in [1.165, 1.54) is 4.90 Å². The Morgan fingerprint density at radius 2 is 2.21 bits per heavy atom. The highest BCUT2D eigenvalue weighted by Gasteiger charge is 2.22. The zero-order chi connectivity index (χ0) is 14.4. The summed E-state index contributed by atoms with van der Waals surface area (Å²) in [5.41, 5.74) is 0.855. The molecule has 0 unspecified atom stereocenters. The van der Waals surface area contributed by atoms with Crippen LogP contribution in [0.25, 0.3) is 0 Å². The number of nitrogens with one attached hydrogen (secondary N) is 2. The number of H-pyrrole nitrogens is 1. The number of urea groups is 1. The molecule has 0 saturated carbocycles. The number of hydrogen-bond donors (Lipinski definition) is 3. The summed E-state index contributed by atoms with van der Waals surface area (Å²) in [6, 6.07) is -1.27. The van der Waals surface area contributed by atoms with E-state index in [0.717, 1.165) is 5.56 Å². The Bertz CT molecular complexity index is 417. The van der Waals surface area contributed by atoms with Crippen LogP contribution < -0.4 is 5.32 Å². The van der Waals surface area contributed by atoms with Crippen molar-refractivity contribution in [1.82, 2.24) is 20.4 Å². The van der Waals surface area contributed by atoms with E-state index in [1.54, 1.807) is 19.4 Å². The van der Waals surface area contributed by atoms with Gasteiger partial charge in [-0.15, -0.1) is 0 Å². The number of amides is 2. The van der Waals surface area contributed by atoms with E-state index in [2.05, 4.69) is 15.5 Å². The van der Waals surface area contributed by atoms with Gasteiger partial charge in [0.1, 0.15) is 6.04 Å². The van der Waals surface area contributed by atoms with Gasteiger partial charge in [0.25, 0.3) is 0 Å². The second-order valence-electron chi connectivity index (χ2n) is 4.93. The van der Waals surface area contributed by atoms with Crippen molar-refractivity contribution in [2.24, 2.45) is 5.92 Å². The molecule has 0 bridgehead atoms. The first-order valence-electron chi connectivity index (χ1n) is 6.12. The molecular weight excluding hydrogens is 248 g/mol. The van der Waals surface area contributed by atoms with E-state index < -0.39 is 18.0 Å². The van der Waals surface area contributed by atoms with Crippen molar-refractivity contribution in [3.63, 3.8) is 0 Å². The number of nitrogens with zero attached hydrogens (tertiary/aromatic N) is 2. The number of carboxylic acids is 1. The molecule has 0 aliphatic rings.